The van der Waals surface area contributed by atoms with Crippen molar-refractivity contribution in [2.24, 2.45) is 0 Å². The zero-order chi connectivity index (χ0) is 16.2. The number of aryl methyl sites for hydroxylation is 3. The van der Waals surface area contributed by atoms with E-state index in [0.717, 1.165) is 12.8 Å². The van der Waals surface area contributed by atoms with E-state index in [0.29, 0.717) is 0 Å². The van der Waals surface area contributed by atoms with E-state index in [-0.39, 0.29) is 0 Å². The smallest absolute Gasteiger partial charge is 0.0452 e. The van der Waals surface area contributed by atoms with Crippen LogP contribution in [0, 0.1) is 13.8 Å². The Morgan fingerprint density at radius 2 is 1.57 bits per heavy atom. The largest absolute Gasteiger partial charge is 0.320 e. The zero-order valence-corrected chi connectivity index (χ0v) is 14.9. The minimum absolute atomic E-state index is 1.08. The van der Waals surface area contributed by atoms with Crippen LogP contribution < -0.4 is 0 Å². The third kappa shape index (κ3) is 3.53. The summed E-state index contributed by atoms with van der Waals surface area (Å²) in [6.07, 6.45) is 6.66. The Balaban J connectivity index is 1.88. The first-order valence-electron chi connectivity index (χ1n) is 8.05. The molecular weight excluding hydrogens is 298 g/mol. The van der Waals surface area contributed by atoms with Gasteiger partial charge in [0.25, 0.3) is 0 Å². The summed E-state index contributed by atoms with van der Waals surface area (Å²) in [5.74, 6) is 0. The Kier molecular flexibility index (Phi) is 4.92. The van der Waals surface area contributed by atoms with Crippen molar-refractivity contribution in [2.45, 2.75) is 31.6 Å². The summed E-state index contributed by atoms with van der Waals surface area (Å²) in [7, 11) is 0. The molecule has 0 amide bonds. The van der Waals surface area contributed by atoms with Gasteiger partial charge in [0.2, 0.25) is 0 Å². The van der Waals surface area contributed by atoms with Gasteiger partial charge in [-0.2, -0.15) is 0 Å². The van der Waals surface area contributed by atoms with Crippen molar-refractivity contribution in [1.82, 2.24) is 4.57 Å². The van der Waals surface area contributed by atoms with Crippen molar-refractivity contribution >= 4 is 11.8 Å². The molecule has 0 aliphatic heterocycles. The first-order chi connectivity index (χ1) is 11.2. The average molecular weight is 321 g/mol. The molecule has 3 aromatic rings. The highest BCUT2D eigenvalue weighted by atomic mass is 32.2. The van der Waals surface area contributed by atoms with Crippen molar-refractivity contribution in [1.29, 1.82) is 0 Å². The monoisotopic (exact) mass is 321 g/mol. The fourth-order valence-electron chi connectivity index (χ4n) is 3.01. The highest BCUT2D eigenvalue weighted by molar-refractivity contribution is 7.98. The average Bonchev–Trinajstić information content (AvgIpc) is 2.90. The first-order valence-corrected chi connectivity index (χ1v) is 9.27. The second-order valence-electron chi connectivity index (χ2n) is 5.96. The summed E-state index contributed by atoms with van der Waals surface area (Å²) >= 11 is 1.85. The molecule has 118 valence electrons. The molecule has 3 rings (SSSR count). The quantitative estimate of drug-likeness (QED) is 0.554. The maximum absolute atomic E-state index is 2.33. The number of rotatable bonds is 5. The zero-order valence-electron chi connectivity index (χ0n) is 14.0. The predicted molar refractivity (Wildman–Crippen MR) is 101 cm³/mol. The topological polar surface area (TPSA) is 4.93 Å². The molecule has 0 fully saturated rings. The van der Waals surface area contributed by atoms with Crippen molar-refractivity contribution in [3.8, 4) is 5.69 Å². The maximum atomic E-state index is 2.33. The van der Waals surface area contributed by atoms with Crippen molar-refractivity contribution in [3.63, 3.8) is 0 Å². The van der Waals surface area contributed by atoms with Gasteiger partial charge in [-0.15, -0.1) is 11.8 Å². The third-order valence-electron chi connectivity index (χ3n) is 4.31. The molecule has 23 heavy (non-hydrogen) atoms. The Labute approximate surface area is 143 Å². The Morgan fingerprint density at radius 1 is 0.870 bits per heavy atom. The highest BCUT2D eigenvalue weighted by Gasteiger charge is 2.13. The molecule has 2 aromatic carbocycles. The number of nitrogens with zero attached hydrogens (tertiary/aromatic N) is 1. The molecule has 0 atom stereocenters. The molecule has 0 spiro atoms. The Hall–Kier alpha value is -1.93. The molecule has 0 N–H and O–H groups in total. The molecule has 1 nitrogen and oxygen atoms in total. The molecule has 0 saturated heterocycles. The summed E-state index contributed by atoms with van der Waals surface area (Å²) in [4.78, 5) is 1.42. The minimum atomic E-state index is 1.08. The van der Waals surface area contributed by atoms with Gasteiger partial charge in [0.15, 0.2) is 0 Å². The van der Waals surface area contributed by atoms with Gasteiger partial charge in [0.1, 0.15) is 0 Å². The number of hydrogen-bond acceptors (Lipinski definition) is 1. The summed E-state index contributed by atoms with van der Waals surface area (Å²) in [5.41, 5.74) is 6.73. The van der Waals surface area contributed by atoms with E-state index in [1.54, 1.807) is 0 Å². The summed E-state index contributed by atoms with van der Waals surface area (Å²) < 4.78 is 2.33. The number of benzene rings is 2. The molecule has 1 heterocycles. The van der Waals surface area contributed by atoms with E-state index in [1.165, 1.54) is 33.0 Å². The predicted octanol–water partition coefficient (Wildman–Crippen LogP) is 5.60. The summed E-state index contributed by atoms with van der Waals surface area (Å²) in [6.45, 7) is 4.35. The molecule has 1 aromatic heterocycles. The summed E-state index contributed by atoms with van der Waals surface area (Å²) in [5, 5.41) is 0. The van der Waals surface area contributed by atoms with Crippen molar-refractivity contribution in [3.05, 3.63) is 83.2 Å². The van der Waals surface area contributed by atoms with E-state index >= 15 is 0 Å². The molecule has 0 unspecified atom stereocenters. The van der Waals surface area contributed by atoms with Crippen LogP contribution in [0.15, 0.2) is 65.7 Å². The van der Waals surface area contributed by atoms with Crippen LogP contribution in [0.3, 0.4) is 0 Å². The van der Waals surface area contributed by atoms with Gasteiger partial charge < -0.3 is 4.57 Å². The standard InChI is InChI=1S/C21H23NS/c1-16-9-13-20(14-10-16)22-15-19(21(23-3)17(22)2)12-11-18-7-5-4-6-8-18/h4-10,13-15H,11-12H2,1-3H3. The van der Waals surface area contributed by atoms with Crippen LogP contribution >= 0.6 is 11.8 Å². The van der Waals surface area contributed by atoms with E-state index in [1.807, 2.05) is 11.8 Å². The molecule has 0 aliphatic carbocycles. The van der Waals surface area contributed by atoms with Gasteiger partial charge in [0.05, 0.1) is 0 Å². The lowest BCUT2D eigenvalue weighted by molar-refractivity contribution is 0.939. The van der Waals surface area contributed by atoms with Gasteiger partial charge in [-0.05, 0) is 56.2 Å². The fourth-order valence-corrected chi connectivity index (χ4v) is 3.82. The van der Waals surface area contributed by atoms with Crippen LogP contribution in [0.5, 0.6) is 0 Å². The van der Waals surface area contributed by atoms with Gasteiger partial charge in [-0.25, -0.2) is 0 Å². The molecule has 0 aliphatic rings. The molecule has 2 heteroatoms. The first kappa shape index (κ1) is 15.9. The Morgan fingerprint density at radius 3 is 2.22 bits per heavy atom. The normalized spacial score (nSPS) is 10.9. The lowest BCUT2D eigenvalue weighted by atomic mass is 10.1. The van der Waals surface area contributed by atoms with E-state index in [9.17, 15) is 0 Å². The molecule has 0 radical (unpaired) electrons. The third-order valence-corrected chi connectivity index (χ3v) is 5.27. The van der Waals surface area contributed by atoms with Crippen molar-refractivity contribution in [2.75, 3.05) is 6.26 Å². The Bertz CT molecular complexity index is 770. The van der Waals surface area contributed by atoms with Crippen LogP contribution in [0.1, 0.15) is 22.4 Å². The molecule has 0 saturated carbocycles. The van der Waals surface area contributed by atoms with E-state index < -0.39 is 0 Å². The molecule has 0 bridgehead atoms. The van der Waals surface area contributed by atoms with Crippen LogP contribution in [-0.2, 0) is 12.8 Å². The minimum Gasteiger partial charge on any atom is -0.320 e. The van der Waals surface area contributed by atoms with E-state index in [4.69, 9.17) is 0 Å². The highest BCUT2D eigenvalue weighted by Crippen LogP contribution is 2.30. The second-order valence-corrected chi connectivity index (χ2v) is 6.78. The fraction of sp³-hybridized carbons (Fsp3) is 0.238. The van der Waals surface area contributed by atoms with Crippen LogP contribution in [-0.4, -0.2) is 10.8 Å². The number of aromatic nitrogens is 1. The maximum Gasteiger partial charge on any atom is 0.0452 e. The van der Waals surface area contributed by atoms with Gasteiger partial charge in [-0.3, -0.25) is 0 Å². The number of thioether (sulfide) groups is 1. The van der Waals surface area contributed by atoms with Crippen LogP contribution in [0.2, 0.25) is 0 Å². The van der Waals surface area contributed by atoms with E-state index in [2.05, 4.69) is 85.5 Å². The van der Waals surface area contributed by atoms with Crippen LogP contribution in [0.4, 0.5) is 0 Å². The lowest BCUT2D eigenvalue weighted by Gasteiger charge is -2.07. The summed E-state index contributed by atoms with van der Waals surface area (Å²) in [6, 6.07) is 19.5. The second kappa shape index (κ2) is 7.10. The van der Waals surface area contributed by atoms with Gasteiger partial charge in [-0.1, -0.05) is 48.0 Å². The number of hydrogen-bond donors (Lipinski definition) is 0. The van der Waals surface area contributed by atoms with Gasteiger partial charge >= 0.3 is 0 Å². The lowest BCUT2D eigenvalue weighted by Crippen LogP contribution is -1.94. The van der Waals surface area contributed by atoms with Crippen LogP contribution in [0.25, 0.3) is 5.69 Å². The van der Waals surface area contributed by atoms with Gasteiger partial charge in [0, 0.05) is 22.5 Å². The SMILES string of the molecule is CSc1c(CCc2ccccc2)cn(-c2ccc(C)cc2)c1C. The van der Waals surface area contributed by atoms with Crippen molar-refractivity contribution < 1.29 is 0 Å². The molecular formula is C21H23NS.